The third-order valence-corrected chi connectivity index (χ3v) is 5.95. The van der Waals surface area contributed by atoms with Crippen LogP contribution in [0.25, 0.3) is 0 Å². The number of hydrogen-bond donors (Lipinski definition) is 2. The summed E-state index contributed by atoms with van der Waals surface area (Å²) in [5, 5.41) is 9.15. The molecule has 136 valence electrons. The van der Waals surface area contributed by atoms with Gasteiger partial charge in [-0.25, -0.2) is 4.79 Å². The SMILES string of the molecule is CC(=O)O/C(=C\C(=O)O)CCC1CCSS1.NC(=O)c1cccnc1. The van der Waals surface area contributed by atoms with Crippen molar-refractivity contribution in [2.75, 3.05) is 5.75 Å². The van der Waals surface area contributed by atoms with Gasteiger partial charge in [0, 0.05) is 36.7 Å². The standard InChI is InChI=1S/C10H14O4S2.C6H6N2O/c1-7(11)14-8(6-10(12)13)2-3-9-4-5-15-16-9;7-6(9)5-2-1-3-8-4-5/h6,9H,2-5H2,1H3,(H,12,13);1-4H,(H2,7,9)/b8-6-;. The molecule has 1 aromatic rings. The van der Waals surface area contributed by atoms with Crippen LogP contribution in [0.1, 0.15) is 36.5 Å². The van der Waals surface area contributed by atoms with Crippen molar-refractivity contribution in [1.29, 1.82) is 0 Å². The van der Waals surface area contributed by atoms with E-state index in [2.05, 4.69) is 4.98 Å². The first-order chi connectivity index (χ1) is 11.9. The number of esters is 1. The number of carboxylic acids is 1. The van der Waals surface area contributed by atoms with Crippen molar-refractivity contribution in [3.63, 3.8) is 0 Å². The molecule has 1 aliphatic heterocycles. The molecule has 0 saturated carbocycles. The lowest BCUT2D eigenvalue weighted by atomic mass is 10.1. The number of carbonyl (C=O) groups excluding carboxylic acids is 2. The summed E-state index contributed by atoms with van der Waals surface area (Å²) in [4.78, 5) is 35.4. The lowest BCUT2D eigenvalue weighted by Gasteiger charge is -2.09. The number of allylic oxidation sites excluding steroid dienone is 1. The predicted molar refractivity (Wildman–Crippen MR) is 97.9 cm³/mol. The maximum atomic E-state index is 10.8. The summed E-state index contributed by atoms with van der Waals surface area (Å²) in [7, 11) is 3.66. The number of nitrogens with zero attached hydrogens (tertiary/aromatic N) is 1. The van der Waals surface area contributed by atoms with Gasteiger partial charge in [-0.1, -0.05) is 21.6 Å². The minimum atomic E-state index is -1.08. The molecule has 1 amide bonds. The molecule has 0 aromatic carbocycles. The van der Waals surface area contributed by atoms with Crippen molar-refractivity contribution in [1.82, 2.24) is 4.98 Å². The second-order valence-corrected chi connectivity index (χ2v) is 7.80. The molecular formula is C16H20N2O5S2. The fraction of sp³-hybridized carbons (Fsp3) is 0.375. The highest BCUT2D eigenvalue weighted by Gasteiger charge is 2.17. The number of hydrogen-bond acceptors (Lipinski definition) is 7. The van der Waals surface area contributed by atoms with Crippen LogP contribution in [0.4, 0.5) is 0 Å². The van der Waals surface area contributed by atoms with Gasteiger partial charge in [0.05, 0.1) is 11.6 Å². The van der Waals surface area contributed by atoms with Crippen molar-refractivity contribution in [2.45, 2.75) is 31.4 Å². The molecule has 9 heteroatoms. The van der Waals surface area contributed by atoms with Gasteiger partial charge < -0.3 is 15.6 Å². The average Bonchev–Trinajstić information content (AvgIpc) is 3.06. The second kappa shape index (κ2) is 11.5. The molecule has 25 heavy (non-hydrogen) atoms. The number of carboxylic acid groups (broad SMARTS) is 1. The summed E-state index contributed by atoms with van der Waals surface area (Å²) < 4.78 is 4.85. The maximum absolute atomic E-state index is 10.8. The number of pyridine rings is 1. The van der Waals surface area contributed by atoms with Gasteiger partial charge >= 0.3 is 11.9 Å². The minimum Gasteiger partial charge on any atom is -0.478 e. The highest BCUT2D eigenvalue weighted by Crippen LogP contribution is 2.40. The van der Waals surface area contributed by atoms with E-state index in [9.17, 15) is 14.4 Å². The zero-order valence-corrected chi connectivity index (χ0v) is 15.3. The van der Waals surface area contributed by atoms with Gasteiger partial charge in [0.25, 0.3) is 0 Å². The van der Waals surface area contributed by atoms with E-state index in [4.69, 9.17) is 15.6 Å². The minimum absolute atomic E-state index is 0.248. The zero-order chi connectivity index (χ0) is 18.7. The monoisotopic (exact) mass is 384 g/mol. The Balaban J connectivity index is 0.000000293. The van der Waals surface area contributed by atoms with E-state index >= 15 is 0 Å². The van der Waals surface area contributed by atoms with E-state index in [-0.39, 0.29) is 5.76 Å². The van der Waals surface area contributed by atoms with Crippen LogP contribution in [0.15, 0.2) is 36.4 Å². The Morgan fingerprint density at radius 1 is 1.48 bits per heavy atom. The lowest BCUT2D eigenvalue weighted by molar-refractivity contribution is -0.137. The van der Waals surface area contributed by atoms with Crippen molar-refractivity contribution in [3.05, 3.63) is 41.9 Å². The van der Waals surface area contributed by atoms with Crippen LogP contribution in [0.2, 0.25) is 0 Å². The molecular weight excluding hydrogens is 364 g/mol. The molecule has 7 nitrogen and oxygen atoms in total. The first-order valence-electron chi connectivity index (χ1n) is 7.48. The summed E-state index contributed by atoms with van der Waals surface area (Å²) in [5.41, 5.74) is 5.38. The molecule has 1 saturated heterocycles. The Morgan fingerprint density at radius 2 is 2.24 bits per heavy atom. The fourth-order valence-electron chi connectivity index (χ4n) is 1.85. The van der Waals surface area contributed by atoms with E-state index in [1.807, 2.05) is 21.6 Å². The third-order valence-electron chi connectivity index (χ3n) is 2.95. The molecule has 3 N–H and O–H groups in total. The molecule has 2 heterocycles. The number of aromatic nitrogens is 1. The van der Waals surface area contributed by atoms with Crippen LogP contribution in [-0.4, -0.2) is 38.9 Å². The van der Waals surface area contributed by atoms with E-state index in [1.54, 1.807) is 18.3 Å². The van der Waals surface area contributed by atoms with Gasteiger partial charge in [-0.05, 0) is 25.0 Å². The number of ether oxygens (including phenoxy) is 1. The Hall–Kier alpha value is -2.00. The Kier molecular flexibility index (Phi) is 9.71. The number of rotatable bonds is 6. The average molecular weight is 384 g/mol. The van der Waals surface area contributed by atoms with Crippen LogP contribution < -0.4 is 5.73 Å². The first kappa shape index (κ1) is 21.0. The molecule has 1 atom stereocenters. The molecule has 0 spiro atoms. The van der Waals surface area contributed by atoms with Gasteiger partial charge in [0.1, 0.15) is 5.76 Å². The van der Waals surface area contributed by atoms with Crippen molar-refractivity contribution < 1.29 is 24.2 Å². The molecule has 1 aromatic heterocycles. The number of carbonyl (C=O) groups is 3. The lowest BCUT2D eigenvalue weighted by Crippen LogP contribution is -2.10. The fourth-order valence-corrected chi connectivity index (χ4v) is 4.83. The summed E-state index contributed by atoms with van der Waals surface area (Å²) in [6, 6.07) is 3.29. The van der Waals surface area contributed by atoms with E-state index in [1.165, 1.54) is 13.1 Å². The highest BCUT2D eigenvalue weighted by molar-refractivity contribution is 8.77. The number of aliphatic carboxylic acids is 1. The van der Waals surface area contributed by atoms with E-state index in [0.717, 1.165) is 24.7 Å². The predicted octanol–water partition coefficient (Wildman–Crippen LogP) is 2.63. The first-order valence-corrected chi connectivity index (χ1v) is 9.86. The van der Waals surface area contributed by atoms with Crippen molar-refractivity contribution >= 4 is 39.4 Å². The van der Waals surface area contributed by atoms with Crippen LogP contribution >= 0.6 is 21.6 Å². The van der Waals surface area contributed by atoms with Crippen molar-refractivity contribution in [3.8, 4) is 0 Å². The number of amides is 1. The molecule has 1 unspecified atom stereocenters. The molecule has 1 fully saturated rings. The van der Waals surface area contributed by atoms with Gasteiger partial charge in [-0.3, -0.25) is 14.6 Å². The normalized spacial score (nSPS) is 16.5. The molecule has 0 radical (unpaired) electrons. The van der Waals surface area contributed by atoms with Gasteiger partial charge in [-0.15, -0.1) is 0 Å². The summed E-state index contributed by atoms with van der Waals surface area (Å²) in [6.07, 6.45) is 6.48. The third kappa shape index (κ3) is 9.78. The van der Waals surface area contributed by atoms with Gasteiger partial charge in [-0.2, -0.15) is 0 Å². The molecule has 0 bridgehead atoms. The molecule has 0 aliphatic carbocycles. The topological polar surface area (TPSA) is 120 Å². The zero-order valence-electron chi connectivity index (χ0n) is 13.7. The quantitative estimate of drug-likeness (QED) is 0.332. The van der Waals surface area contributed by atoms with Crippen molar-refractivity contribution in [2.24, 2.45) is 5.73 Å². The number of primary amides is 1. The molecule has 2 rings (SSSR count). The molecule has 1 aliphatic rings. The second-order valence-electron chi connectivity index (χ2n) is 5.02. The Morgan fingerprint density at radius 3 is 2.68 bits per heavy atom. The van der Waals surface area contributed by atoms with E-state index in [0.29, 0.717) is 17.2 Å². The Labute approximate surface area is 153 Å². The summed E-state index contributed by atoms with van der Waals surface area (Å²) in [6.45, 7) is 1.27. The van der Waals surface area contributed by atoms with E-state index < -0.39 is 17.8 Å². The Bertz CT molecular complexity index is 616. The maximum Gasteiger partial charge on any atom is 0.331 e. The highest BCUT2D eigenvalue weighted by atomic mass is 33.1. The van der Waals surface area contributed by atoms with Gasteiger partial charge in [0.15, 0.2) is 0 Å². The van der Waals surface area contributed by atoms with Crippen LogP contribution in [0, 0.1) is 0 Å². The van der Waals surface area contributed by atoms with Gasteiger partial charge in [0.2, 0.25) is 5.91 Å². The summed E-state index contributed by atoms with van der Waals surface area (Å²) in [5.74, 6) is -0.604. The van der Waals surface area contributed by atoms with Crippen LogP contribution in [0.5, 0.6) is 0 Å². The smallest absolute Gasteiger partial charge is 0.331 e. The van der Waals surface area contributed by atoms with Crippen LogP contribution in [0.3, 0.4) is 0 Å². The number of nitrogens with two attached hydrogens (primary N) is 1. The summed E-state index contributed by atoms with van der Waals surface area (Å²) >= 11 is 0. The van der Waals surface area contributed by atoms with Crippen LogP contribution in [-0.2, 0) is 14.3 Å². The largest absolute Gasteiger partial charge is 0.478 e.